The van der Waals surface area contributed by atoms with Crippen LogP contribution in [-0.4, -0.2) is 37.1 Å². The van der Waals surface area contributed by atoms with Gasteiger partial charge in [0.1, 0.15) is 5.75 Å². The second kappa shape index (κ2) is 4.65. The van der Waals surface area contributed by atoms with Crippen LogP contribution in [0.15, 0.2) is 30.5 Å². The van der Waals surface area contributed by atoms with E-state index in [0.717, 1.165) is 0 Å². The van der Waals surface area contributed by atoms with Gasteiger partial charge in [-0.3, -0.25) is 4.68 Å². The highest BCUT2D eigenvalue weighted by Crippen LogP contribution is 2.33. The second-order valence-electron chi connectivity index (χ2n) is 4.19. The number of aryl methyl sites for hydroxylation is 1. The first-order valence-electron chi connectivity index (χ1n) is 5.92. The molecule has 8 heteroatoms. The van der Waals surface area contributed by atoms with Crippen LogP contribution in [0.25, 0.3) is 17.2 Å². The maximum absolute atomic E-state index is 6.03. The molecule has 0 bridgehead atoms. The van der Waals surface area contributed by atoms with E-state index < -0.39 is 0 Å². The molecule has 3 rings (SSSR count). The summed E-state index contributed by atoms with van der Waals surface area (Å²) in [5.41, 5.74) is 7.21. The van der Waals surface area contributed by atoms with Gasteiger partial charge in [-0.15, -0.1) is 5.10 Å². The van der Waals surface area contributed by atoms with Crippen LogP contribution in [0.4, 0.5) is 5.69 Å². The third-order valence-electron chi connectivity index (χ3n) is 2.89. The molecule has 0 saturated heterocycles. The SMILES string of the molecule is COc1cccc(N)c1-c1nnnn1-c1ccn(C)n1. The maximum atomic E-state index is 6.03. The van der Waals surface area contributed by atoms with Crippen LogP contribution < -0.4 is 10.5 Å². The first-order valence-corrected chi connectivity index (χ1v) is 5.92. The van der Waals surface area contributed by atoms with Gasteiger partial charge in [0.05, 0.1) is 12.7 Å². The number of nitrogens with zero attached hydrogens (tertiary/aromatic N) is 6. The number of hydrogen-bond donors (Lipinski definition) is 1. The molecule has 2 N–H and O–H groups in total. The molecule has 3 aromatic rings. The highest BCUT2D eigenvalue weighted by molar-refractivity contribution is 5.78. The zero-order valence-electron chi connectivity index (χ0n) is 11.1. The summed E-state index contributed by atoms with van der Waals surface area (Å²) in [5.74, 6) is 1.70. The van der Waals surface area contributed by atoms with Crippen LogP contribution in [0, 0.1) is 0 Å². The number of rotatable bonds is 3. The minimum absolute atomic E-state index is 0.485. The predicted octanol–water partition coefficient (Wildman–Crippen LogP) is 0.654. The molecule has 20 heavy (non-hydrogen) atoms. The minimum atomic E-state index is 0.485. The lowest BCUT2D eigenvalue weighted by Crippen LogP contribution is -2.04. The molecule has 2 aromatic heterocycles. The van der Waals surface area contributed by atoms with E-state index in [1.165, 1.54) is 4.68 Å². The molecule has 0 spiro atoms. The normalized spacial score (nSPS) is 10.7. The van der Waals surface area contributed by atoms with Gasteiger partial charge in [-0.25, -0.2) is 0 Å². The minimum Gasteiger partial charge on any atom is -0.496 e. The van der Waals surface area contributed by atoms with Gasteiger partial charge < -0.3 is 10.5 Å². The van der Waals surface area contributed by atoms with Crippen molar-refractivity contribution in [2.45, 2.75) is 0 Å². The fourth-order valence-corrected chi connectivity index (χ4v) is 1.97. The molecule has 0 saturated carbocycles. The van der Waals surface area contributed by atoms with Crippen LogP contribution in [-0.2, 0) is 7.05 Å². The standard InChI is InChI=1S/C12H13N7O/c1-18-7-6-10(15-18)19-12(14-16-17-19)11-8(13)4-3-5-9(11)20-2/h3-7H,13H2,1-2H3. The number of tetrazole rings is 1. The lowest BCUT2D eigenvalue weighted by molar-refractivity contribution is 0.416. The summed E-state index contributed by atoms with van der Waals surface area (Å²) < 4.78 is 8.53. The molecule has 1 aromatic carbocycles. The highest BCUT2D eigenvalue weighted by atomic mass is 16.5. The first-order chi connectivity index (χ1) is 9.70. The first kappa shape index (κ1) is 12.2. The molecule has 0 aliphatic rings. The lowest BCUT2D eigenvalue weighted by atomic mass is 10.1. The number of nitrogens with two attached hydrogens (primary N) is 1. The molecule has 102 valence electrons. The van der Waals surface area contributed by atoms with E-state index in [-0.39, 0.29) is 0 Å². The van der Waals surface area contributed by atoms with Crippen molar-refractivity contribution in [3.05, 3.63) is 30.5 Å². The topological polar surface area (TPSA) is 96.7 Å². The fourth-order valence-electron chi connectivity index (χ4n) is 1.97. The Labute approximate surface area is 114 Å². The molecular weight excluding hydrogens is 258 g/mol. The van der Waals surface area contributed by atoms with Gasteiger partial charge in [-0.05, 0) is 22.6 Å². The average Bonchev–Trinajstić information content (AvgIpc) is 3.06. The smallest absolute Gasteiger partial charge is 0.194 e. The van der Waals surface area contributed by atoms with Gasteiger partial charge in [-0.1, -0.05) is 6.07 Å². The molecule has 0 aliphatic heterocycles. The number of methoxy groups -OCH3 is 1. The van der Waals surface area contributed by atoms with Crippen LogP contribution in [0.2, 0.25) is 0 Å². The van der Waals surface area contributed by atoms with E-state index in [4.69, 9.17) is 10.5 Å². The number of hydrogen-bond acceptors (Lipinski definition) is 6. The Kier molecular flexibility index (Phi) is 2.82. The van der Waals surface area contributed by atoms with Gasteiger partial charge in [0.2, 0.25) is 0 Å². The summed E-state index contributed by atoms with van der Waals surface area (Å²) in [5, 5.41) is 16.0. The van der Waals surface area contributed by atoms with Gasteiger partial charge in [0.25, 0.3) is 0 Å². The zero-order chi connectivity index (χ0) is 14.1. The average molecular weight is 271 g/mol. The molecule has 0 fully saturated rings. The summed E-state index contributed by atoms with van der Waals surface area (Å²) in [4.78, 5) is 0. The third-order valence-corrected chi connectivity index (χ3v) is 2.89. The van der Waals surface area contributed by atoms with E-state index in [9.17, 15) is 0 Å². The Bertz CT molecular complexity index is 746. The van der Waals surface area contributed by atoms with Crippen LogP contribution >= 0.6 is 0 Å². The molecule has 0 atom stereocenters. The molecule has 0 amide bonds. The van der Waals surface area contributed by atoms with Crippen molar-refractivity contribution in [2.75, 3.05) is 12.8 Å². The van der Waals surface area contributed by atoms with E-state index in [2.05, 4.69) is 20.6 Å². The van der Waals surface area contributed by atoms with Crippen molar-refractivity contribution in [1.82, 2.24) is 30.0 Å². The van der Waals surface area contributed by atoms with Gasteiger partial charge >= 0.3 is 0 Å². The summed E-state index contributed by atoms with van der Waals surface area (Å²) >= 11 is 0. The van der Waals surface area contributed by atoms with Crippen molar-refractivity contribution < 1.29 is 4.74 Å². The van der Waals surface area contributed by atoms with Crippen LogP contribution in [0.1, 0.15) is 0 Å². The molecule has 8 nitrogen and oxygen atoms in total. The number of anilines is 1. The molecular formula is C12H13N7O. The van der Waals surface area contributed by atoms with Crippen LogP contribution in [0.5, 0.6) is 5.75 Å². The second-order valence-corrected chi connectivity index (χ2v) is 4.19. The Morgan fingerprint density at radius 3 is 2.80 bits per heavy atom. The molecule has 0 radical (unpaired) electrons. The zero-order valence-corrected chi connectivity index (χ0v) is 11.1. The molecule has 0 aliphatic carbocycles. The van der Waals surface area contributed by atoms with Gasteiger partial charge in [0, 0.05) is 25.0 Å². The van der Waals surface area contributed by atoms with Crippen molar-refractivity contribution in [3.8, 4) is 23.0 Å². The Morgan fingerprint density at radius 2 is 2.10 bits per heavy atom. The fraction of sp³-hybridized carbons (Fsp3) is 0.167. The largest absolute Gasteiger partial charge is 0.496 e. The lowest BCUT2D eigenvalue weighted by Gasteiger charge is -2.09. The summed E-state index contributed by atoms with van der Waals surface area (Å²) in [6, 6.07) is 7.20. The van der Waals surface area contributed by atoms with Crippen molar-refractivity contribution in [2.24, 2.45) is 7.05 Å². The van der Waals surface area contributed by atoms with Gasteiger partial charge in [0.15, 0.2) is 11.6 Å². The summed E-state index contributed by atoms with van der Waals surface area (Å²) in [7, 11) is 3.40. The molecule has 2 heterocycles. The van der Waals surface area contributed by atoms with Crippen molar-refractivity contribution in [1.29, 1.82) is 0 Å². The van der Waals surface area contributed by atoms with E-state index >= 15 is 0 Å². The Hall–Kier alpha value is -2.90. The molecule has 0 unspecified atom stereocenters. The number of ether oxygens (including phenoxy) is 1. The van der Waals surface area contributed by atoms with E-state index in [1.54, 1.807) is 17.9 Å². The summed E-state index contributed by atoms with van der Waals surface area (Å²) in [6.07, 6.45) is 1.81. The Morgan fingerprint density at radius 1 is 1.25 bits per heavy atom. The maximum Gasteiger partial charge on any atom is 0.194 e. The predicted molar refractivity (Wildman–Crippen MR) is 72.3 cm³/mol. The van der Waals surface area contributed by atoms with Crippen LogP contribution in [0.3, 0.4) is 0 Å². The summed E-state index contributed by atoms with van der Waals surface area (Å²) in [6.45, 7) is 0. The number of nitrogen functional groups attached to an aromatic ring is 1. The highest BCUT2D eigenvalue weighted by Gasteiger charge is 2.19. The monoisotopic (exact) mass is 271 g/mol. The number of benzene rings is 1. The van der Waals surface area contributed by atoms with E-state index in [1.807, 2.05) is 31.4 Å². The Balaban J connectivity index is 2.20. The number of aromatic nitrogens is 6. The van der Waals surface area contributed by atoms with Gasteiger partial charge in [-0.2, -0.15) is 9.78 Å². The quantitative estimate of drug-likeness (QED) is 0.703. The van der Waals surface area contributed by atoms with E-state index in [0.29, 0.717) is 28.6 Å². The van der Waals surface area contributed by atoms with Crippen molar-refractivity contribution in [3.63, 3.8) is 0 Å². The third kappa shape index (κ3) is 1.87. The van der Waals surface area contributed by atoms with Crippen molar-refractivity contribution >= 4 is 5.69 Å².